The van der Waals surface area contributed by atoms with Crippen LogP contribution in [0.4, 0.5) is 0 Å². The average Bonchev–Trinajstić information content (AvgIpc) is 3.47. The Labute approximate surface area is 174 Å². The van der Waals surface area contributed by atoms with Crippen molar-refractivity contribution < 1.29 is 9.53 Å². The molecule has 7 rings (SSSR count). The molecule has 0 amide bonds. The minimum atomic E-state index is -0.708. The van der Waals surface area contributed by atoms with E-state index in [1.165, 1.54) is 38.5 Å². The van der Waals surface area contributed by atoms with E-state index in [2.05, 4.69) is 6.92 Å². The third-order valence-electron chi connectivity index (χ3n) is 11.8. The number of nitrogens with two attached hydrogens (primary N) is 2. The Balaban J connectivity index is 1.10. The van der Waals surface area contributed by atoms with Crippen LogP contribution in [0.25, 0.3) is 0 Å². The van der Waals surface area contributed by atoms with Gasteiger partial charge in [-0.15, -0.1) is 0 Å². The van der Waals surface area contributed by atoms with Crippen LogP contribution in [0.2, 0.25) is 0 Å². The van der Waals surface area contributed by atoms with Gasteiger partial charge in [-0.05, 0) is 104 Å². The van der Waals surface area contributed by atoms with E-state index in [1.807, 2.05) is 0 Å². The summed E-state index contributed by atoms with van der Waals surface area (Å²) >= 11 is 0. The highest BCUT2D eigenvalue weighted by atomic mass is 16.5. The summed E-state index contributed by atoms with van der Waals surface area (Å²) in [5.74, 6) is 6.77. The lowest BCUT2D eigenvalue weighted by molar-refractivity contribution is -0.284. The SMILES string of the molecule is CCC(COC(=O)C12C[C@H]3CC4C5CC6C[C@@H]1C(C3)C65C42)C(N)(N)CCC1CC1. The zero-order valence-electron chi connectivity index (χ0n) is 17.9. The number of hydrogen-bond acceptors (Lipinski definition) is 4. The van der Waals surface area contributed by atoms with Crippen LogP contribution in [0.15, 0.2) is 0 Å². The van der Waals surface area contributed by atoms with Crippen LogP contribution in [0.5, 0.6) is 0 Å². The van der Waals surface area contributed by atoms with E-state index in [0.717, 1.165) is 61.2 Å². The Kier molecular flexibility index (Phi) is 3.36. The predicted molar refractivity (Wildman–Crippen MR) is 110 cm³/mol. The Morgan fingerprint density at radius 3 is 2.69 bits per heavy atom. The highest BCUT2D eigenvalue weighted by Crippen LogP contribution is 2.94. The fraction of sp³-hybridized carbons (Fsp3) is 0.960. The van der Waals surface area contributed by atoms with Crippen LogP contribution in [0.3, 0.4) is 0 Å². The van der Waals surface area contributed by atoms with E-state index in [4.69, 9.17) is 16.2 Å². The van der Waals surface area contributed by atoms with Gasteiger partial charge in [0.1, 0.15) is 0 Å². The molecule has 4 heteroatoms. The van der Waals surface area contributed by atoms with Gasteiger partial charge >= 0.3 is 5.97 Å². The molecule has 0 aliphatic heterocycles. The van der Waals surface area contributed by atoms with Crippen molar-refractivity contribution in [1.82, 2.24) is 0 Å². The number of carbonyl (C=O) groups is 1. The standard InChI is InChI=1S/C25H38N2O2/c1-2-15(24(26,27)6-5-13-3-4-13)12-29-22(28)23-11-14-7-17-18-9-16-10-19(23)20(8-14)25(16,18)21(17)23/h13-21H,2-12,26-27H2,1H3/t14-,15?,16?,17?,18?,19+,20?,21?,23?,25?/m0/s1. The fourth-order valence-corrected chi connectivity index (χ4v) is 10.7. The second kappa shape index (κ2) is 5.41. The summed E-state index contributed by atoms with van der Waals surface area (Å²) in [5, 5.41) is 0. The number of rotatable bonds is 8. The van der Waals surface area contributed by atoms with E-state index < -0.39 is 5.66 Å². The number of esters is 1. The molecule has 7 aliphatic rings. The number of carbonyl (C=O) groups excluding carboxylic acids is 1. The average molecular weight is 399 g/mol. The number of ether oxygens (including phenoxy) is 1. The van der Waals surface area contributed by atoms with E-state index in [9.17, 15) is 4.79 Å². The van der Waals surface area contributed by atoms with Crippen LogP contribution in [0, 0.1) is 64.1 Å². The summed E-state index contributed by atoms with van der Waals surface area (Å²) in [6.07, 6.45) is 12.3. The van der Waals surface area contributed by atoms with E-state index in [-0.39, 0.29) is 17.3 Å². The van der Waals surface area contributed by atoms with E-state index >= 15 is 0 Å². The first-order valence-electron chi connectivity index (χ1n) is 12.7. The molecule has 0 aromatic rings. The molecule has 7 saturated carbocycles. The summed E-state index contributed by atoms with van der Waals surface area (Å²) in [4.78, 5) is 13.8. The molecule has 1 spiro atoms. The Morgan fingerprint density at radius 2 is 1.93 bits per heavy atom. The zero-order valence-corrected chi connectivity index (χ0v) is 17.9. The molecular weight excluding hydrogens is 360 g/mol. The van der Waals surface area contributed by atoms with Gasteiger partial charge in [0.05, 0.1) is 17.7 Å². The molecule has 7 aliphatic carbocycles. The highest BCUT2D eigenvalue weighted by Gasteiger charge is 2.91. The third-order valence-corrected chi connectivity index (χ3v) is 11.8. The van der Waals surface area contributed by atoms with Crippen molar-refractivity contribution >= 4 is 5.97 Å². The molecule has 0 radical (unpaired) electrons. The van der Waals surface area contributed by atoms with Crippen LogP contribution in [-0.4, -0.2) is 18.2 Å². The van der Waals surface area contributed by atoms with Crippen molar-refractivity contribution in [2.45, 2.75) is 76.8 Å². The van der Waals surface area contributed by atoms with Crippen LogP contribution in [-0.2, 0) is 9.53 Å². The lowest BCUT2D eigenvalue weighted by Crippen LogP contribution is -2.72. The molecule has 160 valence electrons. The third kappa shape index (κ3) is 1.90. The number of fused-ring (bicyclic) bond motifs is 2. The molecule has 0 aromatic carbocycles. The normalized spacial score (nSPS) is 53.4. The lowest BCUT2D eigenvalue weighted by Gasteiger charge is -2.75. The van der Waals surface area contributed by atoms with Crippen molar-refractivity contribution in [2.24, 2.45) is 75.6 Å². The maximum Gasteiger partial charge on any atom is 0.312 e. The molecule has 4 N–H and O–H groups in total. The smallest absolute Gasteiger partial charge is 0.312 e. The first-order valence-corrected chi connectivity index (χ1v) is 12.7. The van der Waals surface area contributed by atoms with E-state index in [0.29, 0.717) is 23.9 Å². The van der Waals surface area contributed by atoms with Crippen molar-refractivity contribution in [3.63, 3.8) is 0 Å². The Bertz CT molecular complexity index is 762. The molecule has 10 atom stereocenters. The van der Waals surface area contributed by atoms with E-state index in [1.54, 1.807) is 0 Å². The molecule has 7 fully saturated rings. The summed E-state index contributed by atoms with van der Waals surface area (Å²) in [5.41, 5.74) is 12.8. The monoisotopic (exact) mass is 398 g/mol. The maximum absolute atomic E-state index is 13.8. The van der Waals surface area contributed by atoms with Gasteiger partial charge < -0.3 is 16.2 Å². The van der Waals surface area contributed by atoms with Gasteiger partial charge in [-0.3, -0.25) is 4.79 Å². The molecule has 8 unspecified atom stereocenters. The summed E-state index contributed by atoms with van der Waals surface area (Å²) in [6.45, 7) is 2.56. The van der Waals surface area contributed by atoms with Gasteiger partial charge in [-0.25, -0.2) is 0 Å². The number of hydrogen-bond donors (Lipinski definition) is 2. The van der Waals surface area contributed by atoms with Gasteiger partial charge in [0.15, 0.2) is 0 Å². The molecule has 5 bridgehead atoms. The minimum Gasteiger partial charge on any atom is -0.465 e. The molecule has 29 heavy (non-hydrogen) atoms. The van der Waals surface area contributed by atoms with Gasteiger partial charge in [0, 0.05) is 5.92 Å². The Hall–Kier alpha value is -0.610. The summed E-state index contributed by atoms with van der Waals surface area (Å²) in [7, 11) is 0. The minimum absolute atomic E-state index is 0.0675. The van der Waals surface area contributed by atoms with Crippen LogP contribution >= 0.6 is 0 Å². The summed E-state index contributed by atoms with van der Waals surface area (Å²) < 4.78 is 6.19. The van der Waals surface area contributed by atoms with Crippen molar-refractivity contribution in [3.05, 3.63) is 0 Å². The van der Waals surface area contributed by atoms with Gasteiger partial charge in [-0.1, -0.05) is 19.8 Å². The van der Waals surface area contributed by atoms with Crippen molar-refractivity contribution in [1.29, 1.82) is 0 Å². The largest absolute Gasteiger partial charge is 0.465 e. The fourth-order valence-electron chi connectivity index (χ4n) is 10.7. The zero-order chi connectivity index (χ0) is 19.8. The molecule has 0 heterocycles. The van der Waals surface area contributed by atoms with Crippen LogP contribution < -0.4 is 11.5 Å². The second-order valence-electron chi connectivity index (χ2n) is 12.5. The van der Waals surface area contributed by atoms with Crippen LogP contribution in [0.1, 0.15) is 71.1 Å². The quantitative estimate of drug-likeness (QED) is 0.483. The predicted octanol–water partition coefficient (Wildman–Crippen LogP) is 3.68. The lowest BCUT2D eigenvalue weighted by atomic mass is 9.28. The van der Waals surface area contributed by atoms with Gasteiger partial charge in [0.25, 0.3) is 0 Å². The summed E-state index contributed by atoms with van der Waals surface area (Å²) in [6, 6.07) is 0. The van der Waals surface area contributed by atoms with Crippen molar-refractivity contribution in [2.75, 3.05) is 6.61 Å². The first-order chi connectivity index (χ1) is 13.9. The topological polar surface area (TPSA) is 78.3 Å². The highest BCUT2D eigenvalue weighted by molar-refractivity contribution is 5.80. The maximum atomic E-state index is 13.8. The molecule has 4 nitrogen and oxygen atoms in total. The molecule has 0 saturated heterocycles. The molecular formula is C25H38N2O2. The Morgan fingerprint density at radius 1 is 1.14 bits per heavy atom. The molecule has 0 aromatic heterocycles. The van der Waals surface area contributed by atoms with Crippen molar-refractivity contribution in [3.8, 4) is 0 Å². The first kappa shape index (κ1) is 18.0. The van der Waals surface area contributed by atoms with Gasteiger partial charge in [0.2, 0.25) is 0 Å². The van der Waals surface area contributed by atoms with Gasteiger partial charge in [-0.2, -0.15) is 0 Å². The second-order valence-corrected chi connectivity index (χ2v) is 12.5.